The van der Waals surface area contributed by atoms with Crippen LogP contribution in [0, 0.1) is 6.92 Å². The zero-order valence-corrected chi connectivity index (χ0v) is 12.1. The van der Waals surface area contributed by atoms with Crippen LogP contribution in [0.1, 0.15) is 5.76 Å². The van der Waals surface area contributed by atoms with E-state index in [1.807, 2.05) is 17.6 Å². The number of thioether (sulfide) groups is 1. The van der Waals surface area contributed by atoms with Crippen molar-refractivity contribution in [3.8, 4) is 11.4 Å². The summed E-state index contributed by atoms with van der Waals surface area (Å²) in [6.45, 7) is 2.97. The first-order valence-corrected chi connectivity index (χ1v) is 6.99. The summed E-state index contributed by atoms with van der Waals surface area (Å²) in [6, 6.07) is 1.84. The second-order valence-electron chi connectivity index (χ2n) is 4.10. The van der Waals surface area contributed by atoms with Crippen molar-refractivity contribution in [2.75, 3.05) is 19.5 Å². The molecular weight excluding hydrogens is 280 g/mol. The molecule has 0 aliphatic heterocycles. The Morgan fingerprint density at radius 2 is 2.35 bits per heavy atom. The van der Waals surface area contributed by atoms with Crippen molar-refractivity contribution in [3.05, 3.63) is 18.1 Å². The van der Waals surface area contributed by atoms with Crippen LogP contribution in [-0.4, -0.2) is 40.1 Å². The first-order chi connectivity index (χ1) is 9.63. The molecule has 2 aromatic rings. The fourth-order valence-electron chi connectivity index (χ4n) is 1.73. The summed E-state index contributed by atoms with van der Waals surface area (Å²) in [5.74, 6) is 1.23. The van der Waals surface area contributed by atoms with Gasteiger partial charge in [0.25, 0.3) is 0 Å². The fourth-order valence-corrected chi connectivity index (χ4v) is 2.43. The third kappa shape index (κ3) is 3.20. The van der Waals surface area contributed by atoms with Crippen molar-refractivity contribution in [1.29, 1.82) is 0 Å². The van der Waals surface area contributed by atoms with Gasteiger partial charge < -0.3 is 14.9 Å². The van der Waals surface area contributed by atoms with Gasteiger partial charge in [0.15, 0.2) is 11.0 Å². The SMILES string of the molecule is COCCn1c(SCC(N)=O)nnc1-c1ccoc1C. The lowest BCUT2D eigenvalue weighted by molar-refractivity contribution is -0.115. The molecule has 2 N–H and O–H groups in total. The van der Waals surface area contributed by atoms with E-state index in [-0.39, 0.29) is 5.75 Å². The van der Waals surface area contributed by atoms with Crippen molar-refractivity contribution >= 4 is 17.7 Å². The molecule has 0 saturated heterocycles. The highest BCUT2D eigenvalue weighted by atomic mass is 32.2. The van der Waals surface area contributed by atoms with E-state index < -0.39 is 5.91 Å². The zero-order chi connectivity index (χ0) is 14.5. The number of rotatable bonds is 7. The molecule has 108 valence electrons. The lowest BCUT2D eigenvalue weighted by atomic mass is 10.2. The second kappa shape index (κ2) is 6.58. The van der Waals surface area contributed by atoms with E-state index >= 15 is 0 Å². The Balaban J connectivity index is 2.31. The molecular formula is C12H16N4O3S. The number of carbonyl (C=O) groups excluding carboxylic acids is 1. The smallest absolute Gasteiger partial charge is 0.227 e. The standard InChI is InChI=1S/C12H16N4O3S/c1-8-9(3-5-19-8)11-14-15-12(20-7-10(13)17)16(11)4-6-18-2/h3,5H,4,6-7H2,1-2H3,(H2,13,17). The maximum Gasteiger partial charge on any atom is 0.227 e. The van der Waals surface area contributed by atoms with Crippen molar-refractivity contribution < 1.29 is 13.9 Å². The topological polar surface area (TPSA) is 96.2 Å². The van der Waals surface area contributed by atoms with Gasteiger partial charge in [-0.3, -0.25) is 9.36 Å². The number of aromatic nitrogens is 3. The summed E-state index contributed by atoms with van der Waals surface area (Å²) >= 11 is 1.26. The molecule has 0 aromatic carbocycles. The number of carbonyl (C=O) groups is 1. The number of nitrogens with two attached hydrogens (primary N) is 1. The maximum atomic E-state index is 10.9. The molecule has 0 spiro atoms. The number of ether oxygens (including phenoxy) is 1. The number of hydrogen-bond donors (Lipinski definition) is 1. The van der Waals surface area contributed by atoms with Crippen LogP contribution >= 0.6 is 11.8 Å². The van der Waals surface area contributed by atoms with E-state index in [0.717, 1.165) is 11.3 Å². The minimum Gasteiger partial charge on any atom is -0.469 e. The van der Waals surface area contributed by atoms with Crippen LogP contribution in [-0.2, 0) is 16.1 Å². The number of amides is 1. The number of methoxy groups -OCH3 is 1. The van der Waals surface area contributed by atoms with Crippen LogP contribution in [0.25, 0.3) is 11.4 Å². The van der Waals surface area contributed by atoms with E-state index in [4.69, 9.17) is 14.9 Å². The van der Waals surface area contributed by atoms with Crippen molar-refractivity contribution in [1.82, 2.24) is 14.8 Å². The van der Waals surface area contributed by atoms with Gasteiger partial charge in [-0.15, -0.1) is 10.2 Å². The molecule has 0 saturated carbocycles. The average Bonchev–Trinajstić information content (AvgIpc) is 2.99. The molecule has 0 atom stereocenters. The predicted octanol–water partition coefficient (Wildman–Crippen LogP) is 1.07. The van der Waals surface area contributed by atoms with Gasteiger partial charge in [0.05, 0.1) is 30.7 Å². The molecule has 0 aliphatic rings. The Bertz CT molecular complexity index is 593. The molecule has 2 rings (SSSR count). The highest BCUT2D eigenvalue weighted by molar-refractivity contribution is 7.99. The summed E-state index contributed by atoms with van der Waals surface area (Å²) in [7, 11) is 1.63. The monoisotopic (exact) mass is 296 g/mol. The number of primary amides is 1. The van der Waals surface area contributed by atoms with Crippen molar-refractivity contribution in [2.24, 2.45) is 5.73 Å². The summed E-state index contributed by atoms with van der Waals surface area (Å²) in [5, 5.41) is 8.92. The van der Waals surface area contributed by atoms with Crippen LogP contribution in [0.4, 0.5) is 0 Å². The van der Waals surface area contributed by atoms with E-state index in [2.05, 4.69) is 10.2 Å². The Morgan fingerprint density at radius 1 is 1.55 bits per heavy atom. The maximum absolute atomic E-state index is 10.9. The largest absolute Gasteiger partial charge is 0.469 e. The van der Waals surface area contributed by atoms with E-state index in [0.29, 0.717) is 24.1 Å². The van der Waals surface area contributed by atoms with Gasteiger partial charge in [0.2, 0.25) is 5.91 Å². The molecule has 0 unspecified atom stereocenters. The number of furan rings is 1. The van der Waals surface area contributed by atoms with E-state index in [9.17, 15) is 4.79 Å². The average molecular weight is 296 g/mol. The first kappa shape index (κ1) is 14.6. The Hall–Kier alpha value is -1.80. The van der Waals surface area contributed by atoms with Gasteiger partial charge in [-0.05, 0) is 13.0 Å². The first-order valence-electron chi connectivity index (χ1n) is 6.01. The van der Waals surface area contributed by atoms with E-state index in [1.165, 1.54) is 11.8 Å². The number of aryl methyl sites for hydroxylation is 1. The minimum atomic E-state index is -0.391. The van der Waals surface area contributed by atoms with Gasteiger partial charge >= 0.3 is 0 Å². The van der Waals surface area contributed by atoms with E-state index in [1.54, 1.807) is 13.4 Å². The predicted molar refractivity (Wildman–Crippen MR) is 74.3 cm³/mol. The summed E-state index contributed by atoms with van der Waals surface area (Å²) in [6.07, 6.45) is 1.61. The number of nitrogens with zero attached hydrogens (tertiary/aromatic N) is 3. The summed E-state index contributed by atoms with van der Waals surface area (Å²) in [4.78, 5) is 10.9. The van der Waals surface area contributed by atoms with Gasteiger partial charge in [-0.2, -0.15) is 0 Å². The van der Waals surface area contributed by atoms with Gasteiger partial charge in [0.1, 0.15) is 5.76 Å². The van der Waals surface area contributed by atoms with Gasteiger partial charge in [0, 0.05) is 7.11 Å². The Morgan fingerprint density at radius 3 is 2.95 bits per heavy atom. The molecule has 0 fully saturated rings. The molecule has 0 radical (unpaired) electrons. The molecule has 20 heavy (non-hydrogen) atoms. The molecule has 0 aliphatic carbocycles. The molecule has 1 amide bonds. The number of hydrogen-bond acceptors (Lipinski definition) is 6. The third-order valence-corrected chi connectivity index (χ3v) is 3.67. The Labute approximate surface area is 120 Å². The van der Waals surface area contributed by atoms with Gasteiger partial charge in [-0.1, -0.05) is 11.8 Å². The molecule has 0 bridgehead atoms. The minimum absolute atomic E-state index is 0.162. The molecule has 8 heteroatoms. The quantitative estimate of drug-likeness (QED) is 0.768. The fraction of sp³-hybridized carbons (Fsp3) is 0.417. The normalized spacial score (nSPS) is 10.9. The van der Waals surface area contributed by atoms with Crippen LogP contribution in [0.15, 0.2) is 21.9 Å². The molecule has 7 nitrogen and oxygen atoms in total. The molecule has 2 aromatic heterocycles. The van der Waals surface area contributed by atoms with Crippen LogP contribution in [0.5, 0.6) is 0 Å². The molecule has 2 heterocycles. The van der Waals surface area contributed by atoms with Gasteiger partial charge in [-0.25, -0.2) is 0 Å². The second-order valence-corrected chi connectivity index (χ2v) is 5.04. The van der Waals surface area contributed by atoms with Crippen molar-refractivity contribution in [2.45, 2.75) is 18.6 Å². The highest BCUT2D eigenvalue weighted by Crippen LogP contribution is 2.26. The lowest BCUT2D eigenvalue weighted by Crippen LogP contribution is -2.14. The summed E-state index contributed by atoms with van der Waals surface area (Å²) in [5.41, 5.74) is 6.03. The highest BCUT2D eigenvalue weighted by Gasteiger charge is 2.17. The van der Waals surface area contributed by atoms with Crippen LogP contribution < -0.4 is 5.73 Å². The third-order valence-electron chi connectivity index (χ3n) is 2.68. The summed E-state index contributed by atoms with van der Waals surface area (Å²) < 4.78 is 12.3. The zero-order valence-electron chi connectivity index (χ0n) is 11.3. The Kier molecular flexibility index (Phi) is 4.80. The van der Waals surface area contributed by atoms with Crippen LogP contribution in [0.2, 0.25) is 0 Å². The van der Waals surface area contributed by atoms with Crippen molar-refractivity contribution in [3.63, 3.8) is 0 Å². The van der Waals surface area contributed by atoms with Crippen LogP contribution in [0.3, 0.4) is 0 Å². The lowest BCUT2D eigenvalue weighted by Gasteiger charge is -2.08.